The SMILES string of the molecule is CCCN(CCC)CCOc1ccc(/C=C/c2cc(/C=C/c3ccc4cc[nH]c4c3)n[nH]2)cc1. The molecule has 2 aromatic carbocycles. The number of nitrogens with one attached hydrogen (secondary N) is 2. The van der Waals surface area contributed by atoms with Crippen molar-refractivity contribution in [3.05, 3.63) is 83.3 Å². The second kappa shape index (κ2) is 12.1. The normalized spacial score (nSPS) is 12.0. The van der Waals surface area contributed by atoms with Crippen molar-refractivity contribution in [1.82, 2.24) is 20.1 Å². The molecule has 0 aliphatic carbocycles. The van der Waals surface area contributed by atoms with E-state index in [1.165, 1.54) is 18.2 Å². The Balaban J connectivity index is 1.28. The lowest BCUT2D eigenvalue weighted by Crippen LogP contribution is -2.30. The number of aromatic amines is 2. The van der Waals surface area contributed by atoms with E-state index in [0.29, 0.717) is 0 Å². The maximum absolute atomic E-state index is 5.94. The third-order valence-corrected chi connectivity index (χ3v) is 5.73. The molecule has 176 valence electrons. The topological polar surface area (TPSA) is 56.9 Å². The van der Waals surface area contributed by atoms with E-state index in [-0.39, 0.29) is 0 Å². The molecule has 4 rings (SSSR count). The lowest BCUT2D eigenvalue weighted by molar-refractivity contribution is 0.209. The van der Waals surface area contributed by atoms with Crippen LogP contribution in [-0.2, 0) is 0 Å². The van der Waals surface area contributed by atoms with E-state index in [2.05, 4.69) is 82.5 Å². The summed E-state index contributed by atoms with van der Waals surface area (Å²) in [5.41, 5.74) is 5.26. The smallest absolute Gasteiger partial charge is 0.119 e. The Bertz CT molecular complexity index is 1210. The Morgan fingerprint density at radius 1 is 0.824 bits per heavy atom. The fraction of sp³-hybridized carbons (Fsp3) is 0.276. The van der Waals surface area contributed by atoms with Gasteiger partial charge in [-0.1, -0.05) is 50.3 Å². The first-order valence-electron chi connectivity index (χ1n) is 12.2. The molecule has 0 bridgehead atoms. The summed E-state index contributed by atoms with van der Waals surface area (Å²) in [5.74, 6) is 0.914. The number of aromatic nitrogens is 3. The first kappa shape index (κ1) is 23.6. The molecule has 5 nitrogen and oxygen atoms in total. The maximum Gasteiger partial charge on any atom is 0.119 e. The lowest BCUT2D eigenvalue weighted by atomic mass is 10.1. The zero-order valence-electron chi connectivity index (χ0n) is 20.1. The highest BCUT2D eigenvalue weighted by atomic mass is 16.5. The predicted octanol–water partition coefficient (Wildman–Crippen LogP) is 6.73. The molecule has 0 unspecified atom stereocenters. The summed E-state index contributed by atoms with van der Waals surface area (Å²) in [7, 11) is 0. The van der Waals surface area contributed by atoms with Gasteiger partial charge in [-0.2, -0.15) is 5.10 Å². The van der Waals surface area contributed by atoms with Crippen molar-refractivity contribution in [3.8, 4) is 5.75 Å². The number of nitrogens with zero attached hydrogens (tertiary/aromatic N) is 2. The van der Waals surface area contributed by atoms with Crippen molar-refractivity contribution in [2.45, 2.75) is 26.7 Å². The summed E-state index contributed by atoms with van der Waals surface area (Å²) in [6, 6.07) is 18.7. The molecule has 0 spiro atoms. The predicted molar refractivity (Wildman–Crippen MR) is 144 cm³/mol. The van der Waals surface area contributed by atoms with Crippen LogP contribution in [0.25, 0.3) is 35.2 Å². The van der Waals surface area contributed by atoms with Gasteiger partial charge in [0.25, 0.3) is 0 Å². The Labute approximate surface area is 202 Å². The summed E-state index contributed by atoms with van der Waals surface area (Å²) >= 11 is 0. The van der Waals surface area contributed by atoms with Crippen molar-refractivity contribution in [2.75, 3.05) is 26.2 Å². The third kappa shape index (κ3) is 6.72. The van der Waals surface area contributed by atoms with E-state index in [9.17, 15) is 0 Å². The fourth-order valence-electron chi connectivity index (χ4n) is 4.00. The Morgan fingerprint density at radius 3 is 2.38 bits per heavy atom. The molecular weight excluding hydrogens is 420 g/mol. The molecule has 0 saturated carbocycles. The van der Waals surface area contributed by atoms with Gasteiger partial charge in [0.1, 0.15) is 12.4 Å². The summed E-state index contributed by atoms with van der Waals surface area (Å²) in [5, 5.41) is 8.69. The van der Waals surface area contributed by atoms with Crippen LogP contribution in [0.15, 0.2) is 60.8 Å². The highest BCUT2D eigenvalue weighted by Gasteiger charge is 2.03. The second-order valence-corrected chi connectivity index (χ2v) is 8.50. The molecule has 5 heteroatoms. The first-order chi connectivity index (χ1) is 16.7. The minimum Gasteiger partial charge on any atom is -0.492 e. The van der Waals surface area contributed by atoms with Crippen LogP contribution in [0.1, 0.15) is 49.2 Å². The molecule has 0 radical (unpaired) electrons. The van der Waals surface area contributed by atoms with E-state index >= 15 is 0 Å². The summed E-state index contributed by atoms with van der Waals surface area (Å²) in [6.45, 7) is 8.41. The van der Waals surface area contributed by atoms with Crippen LogP contribution >= 0.6 is 0 Å². The van der Waals surface area contributed by atoms with Gasteiger partial charge in [-0.05, 0) is 84.9 Å². The Morgan fingerprint density at radius 2 is 1.59 bits per heavy atom. The van der Waals surface area contributed by atoms with Crippen molar-refractivity contribution in [2.24, 2.45) is 0 Å². The van der Waals surface area contributed by atoms with Gasteiger partial charge >= 0.3 is 0 Å². The summed E-state index contributed by atoms with van der Waals surface area (Å²) < 4.78 is 5.94. The number of ether oxygens (including phenoxy) is 1. The highest BCUT2D eigenvalue weighted by Crippen LogP contribution is 2.17. The van der Waals surface area contributed by atoms with Gasteiger partial charge in [-0.15, -0.1) is 0 Å². The molecule has 2 heterocycles. The van der Waals surface area contributed by atoms with Crippen molar-refractivity contribution < 1.29 is 4.74 Å². The summed E-state index contributed by atoms with van der Waals surface area (Å²) in [6.07, 6.45) is 12.5. The molecule has 0 amide bonds. The van der Waals surface area contributed by atoms with Gasteiger partial charge in [0.05, 0.1) is 11.4 Å². The van der Waals surface area contributed by atoms with Gasteiger partial charge < -0.3 is 9.72 Å². The average Bonchev–Trinajstić information content (AvgIpc) is 3.51. The molecule has 0 atom stereocenters. The van der Waals surface area contributed by atoms with E-state index in [0.717, 1.165) is 60.0 Å². The minimum atomic E-state index is 0.721. The second-order valence-electron chi connectivity index (χ2n) is 8.50. The zero-order chi connectivity index (χ0) is 23.6. The molecule has 0 aliphatic heterocycles. The average molecular weight is 455 g/mol. The van der Waals surface area contributed by atoms with Gasteiger partial charge in [-0.3, -0.25) is 10.00 Å². The Hall–Kier alpha value is -3.57. The number of hydrogen-bond donors (Lipinski definition) is 2. The molecule has 0 saturated heterocycles. The van der Waals surface area contributed by atoms with E-state index in [4.69, 9.17) is 4.74 Å². The lowest BCUT2D eigenvalue weighted by Gasteiger charge is -2.20. The minimum absolute atomic E-state index is 0.721. The first-order valence-corrected chi connectivity index (χ1v) is 12.2. The largest absolute Gasteiger partial charge is 0.492 e. The number of benzene rings is 2. The monoisotopic (exact) mass is 454 g/mol. The van der Waals surface area contributed by atoms with Crippen molar-refractivity contribution in [3.63, 3.8) is 0 Å². The van der Waals surface area contributed by atoms with Gasteiger partial charge in [0.2, 0.25) is 0 Å². The van der Waals surface area contributed by atoms with Crippen LogP contribution in [-0.4, -0.2) is 46.3 Å². The zero-order valence-corrected chi connectivity index (χ0v) is 20.1. The van der Waals surface area contributed by atoms with E-state index in [1.54, 1.807) is 0 Å². The molecular formula is C29H34N4O. The number of H-pyrrole nitrogens is 2. The number of fused-ring (bicyclic) bond motifs is 1. The van der Waals surface area contributed by atoms with Crippen LogP contribution in [0.2, 0.25) is 0 Å². The van der Waals surface area contributed by atoms with Gasteiger partial charge in [-0.25, -0.2) is 0 Å². The van der Waals surface area contributed by atoms with Crippen LogP contribution in [0, 0.1) is 0 Å². The third-order valence-electron chi connectivity index (χ3n) is 5.73. The van der Waals surface area contributed by atoms with Gasteiger partial charge in [0.15, 0.2) is 0 Å². The van der Waals surface area contributed by atoms with E-state index in [1.807, 2.05) is 36.5 Å². The van der Waals surface area contributed by atoms with E-state index < -0.39 is 0 Å². The molecule has 4 aromatic rings. The summed E-state index contributed by atoms with van der Waals surface area (Å²) in [4.78, 5) is 5.71. The number of rotatable bonds is 12. The molecule has 0 aliphatic rings. The fourth-order valence-corrected chi connectivity index (χ4v) is 4.00. The molecule has 2 N–H and O–H groups in total. The standard InChI is InChI=1S/C29H34N4O/c1-3-17-33(18-4-2)19-20-34-28-13-8-23(9-14-28)6-11-26-22-27(32-31-26)12-7-24-5-10-25-15-16-30-29(25)21-24/h5-16,21-22,30H,3-4,17-20H2,1-2H3,(H,31,32)/b11-6+,12-7+. The van der Waals surface area contributed by atoms with Gasteiger partial charge in [0, 0.05) is 18.3 Å². The quantitative estimate of drug-likeness (QED) is 0.249. The number of hydrogen-bond acceptors (Lipinski definition) is 3. The van der Waals surface area contributed by atoms with Crippen molar-refractivity contribution in [1.29, 1.82) is 0 Å². The van der Waals surface area contributed by atoms with Crippen LogP contribution in [0.4, 0.5) is 0 Å². The van der Waals surface area contributed by atoms with Crippen LogP contribution in [0.5, 0.6) is 5.75 Å². The van der Waals surface area contributed by atoms with Crippen molar-refractivity contribution >= 4 is 35.2 Å². The van der Waals surface area contributed by atoms with Crippen LogP contribution in [0.3, 0.4) is 0 Å². The molecule has 34 heavy (non-hydrogen) atoms. The molecule has 0 fully saturated rings. The Kier molecular flexibility index (Phi) is 8.36. The highest BCUT2D eigenvalue weighted by molar-refractivity contribution is 5.83. The molecule has 2 aromatic heterocycles. The maximum atomic E-state index is 5.94. The van der Waals surface area contributed by atoms with Crippen LogP contribution < -0.4 is 4.74 Å².